The Balaban J connectivity index is 2.06. The van der Waals surface area contributed by atoms with Crippen LogP contribution < -0.4 is 5.32 Å². The van der Waals surface area contributed by atoms with Crippen LogP contribution in [0.2, 0.25) is 0 Å². The van der Waals surface area contributed by atoms with Crippen LogP contribution in [0, 0.1) is 0 Å². The Morgan fingerprint density at radius 2 is 1.18 bits per heavy atom. The summed E-state index contributed by atoms with van der Waals surface area (Å²) in [5.74, 6) is 0.197. The first kappa shape index (κ1) is 21.2. The average Bonchev–Trinajstić information content (AvgIpc) is 2.93. The van der Waals surface area contributed by atoms with Gasteiger partial charge in [-0.25, -0.2) is 0 Å². The Labute approximate surface area is 184 Å². The largest absolute Gasteiger partial charge is 0.370 e. The van der Waals surface area contributed by atoms with Crippen molar-refractivity contribution in [2.45, 2.75) is 62.3 Å². The topological polar surface area (TPSA) is 12.0 Å². The molecule has 1 heterocycles. The van der Waals surface area contributed by atoms with Gasteiger partial charge in [0.05, 0.1) is 4.05 Å². The van der Waals surface area contributed by atoms with E-state index in [0.717, 1.165) is 5.70 Å². The van der Waals surface area contributed by atoms with E-state index in [2.05, 4.69) is 131 Å². The van der Waals surface area contributed by atoms with Crippen LogP contribution in [0.15, 0.2) is 72.5 Å². The molecule has 28 heavy (non-hydrogen) atoms. The molecule has 0 spiro atoms. The molecule has 0 fully saturated rings. The number of hydrogen-bond donors (Lipinski definition) is 1. The third-order valence-electron chi connectivity index (χ3n) is 5.52. The Morgan fingerprint density at radius 1 is 0.786 bits per heavy atom. The van der Waals surface area contributed by atoms with Crippen molar-refractivity contribution >= 4 is 22.6 Å². The molecule has 1 nitrogen and oxygen atoms in total. The maximum atomic E-state index is 4.29. The quantitative estimate of drug-likeness (QED) is 0.275. The van der Waals surface area contributed by atoms with Crippen LogP contribution in [0.3, 0.4) is 0 Å². The molecule has 0 saturated carbocycles. The highest BCUT2D eigenvalue weighted by Gasteiger charge is 2.27. The van der Waals surface area contributed by atoms with Crippen molar-refractivity contribution in [1.29, 1.82) is 0 Å². The maximum Gasteiger partial charge on any atom is 0.0973 e. The van der Waals surface area contributed by atoms with E-state index >= 15 is 0 Å². The number of hydrogen-bond acceptors (Lipinski definition) is 1. The van der Waals surface area contributed by atoms with Gasteiger partial charge in [-0.2, -0.15) is 0 Å². The lowest BCUT2D eigenvalue weighted by Crippen LogP contribution is -2.15. The molecule has 148 valence electrons. The Hall–Kier alpha value is -1.55. The minimum Gasteiger partial charge on any atom is -0.370 e. The van der Waals surface area contributed by atoms with Gasteiger partial charge in [0.15, 0.2) is 0 Å². The molecule has 1 N–H and O–H groups in total. The predicted molar refractivity (Wildman–Crippen MR) is 130 cm³/mol. The molecule has 0 radical (unpaired) electrons. The summed E-state index contributed by atoms with van der Waals surface area (Å²) >= 11 is 2.42. The fraction of sp³-hybridized carbons (Fsp3) is 0.385. The van der Waals surface area contributed by atoms with Gasteiger partial charge in [-0.05, 0) is 44.7 Å². The second-order valence-corrected chi connectivity index (χ2v) is 11.2. The molecular weight excluding hydrogens is 453 g/mol. The van der Waals surface area contributed by atoms with E-state index in [1.807, 2.05) is 0 Å². The minimum absolute atomic E-state index is 0.160. The first-order valence-corrected chi connectivity index (χ1v) is 11.2. The molecule has 3 rings (SSSR count). The molecule has 0 aliphatic carbocycles. The molecule has 0 aromatic heterocycles. The highest BCUT2D eigenvalue weighted by molar-refractivity contribution is 14.1. The van der Waals surface area contributed by atoms with Crippen molar-refractivity contribution in [3.8, 4) is 0 Å². The highest BCUT2D eigenvalue weighted by atomic mass is 127. The molecule has 1 atom stereocenters. The number of benzene rings is 2. The summed E-state index contributed by atoms with van der Waals surface area (Å²) in [6, 6.07) is 18.3. The second kappa shape index (κ2) is 7.70. The van der Waals surface area contributed by atoms with Gasteiger partial charge in [0, 0.05) is 11.6 Å². The van der Waals surface area contributed by atoms with E-state index in [1.54, 1.807) is 0 Å². The van der Waals surface area contributed by atoms with Crippen molar-refractivity contribution in [2.75, 3.05) is 0 Å². The van der Waals surface area contributed by atoms with E-state index in [0.29, 0.717) is 4.05 Å². The molecule has 0 saturated heterocycles. The summed E-state index contributed by atoms with van der Waals surface area (Å²) < 4.78 is 0.297. The van der Waals surface area contributed by atoms with Gasteiger partial charge >= 0.3 is 0 Å². The molecule has 1 unspecified atom stereocenters. The van der Waals surface area contributed by atoms with Gasteiger partial charge in [0.25, 0.3) is 0 Å². The zero-order valence-electron chi connectivity index (χ0n) is 17.9. The molecule has 2 aromatic carbocycles. The molecule has 1 aliphatic rings. The lowest BCUT2D eigenvalue weighted by molar-refractivity contribution is 0.589. The summed E-state index contributed by atoms with van der Waals surface area (Å²) in [7, 11) is 0. The van der Waals surface area contributed by atoms with Crippen molar-refractivity contribution < 1.29 is 0 Å². The van der Waals surface area contributed by atoms with E-state index in [4.69, 9.17) is 0 Å². The minimum atomic E-state index is 0.160. The molecule has 0 bridgehead atoms. The van der Waals surface area contributed by atoms with E-state index in [1.165, 1.54) is 27.8 Å². The average molecular weight is 485 g/mol. The summed E-state index contributed by atoms with van der Waals surface area (Å²) in [6.45, 7) is 17.9. The predicted octanol–water partition coefficient (Wildman–Crippen LogP) is 7.22. The number of nitrogens with one attached hydrogen (secondary N) is 1. The number of rotatable bonds is 3. The van der Waals surface area contributed by atoms with Crippen LogP contribution in [-0.4, -0.2) is 4.05 Å². The fourth-order valence-electron chi connectivity index (χ4n) is 3.72. The summed E-state index contributed by atoms with van der Waals surface area (Å²) in [6.07, 6.45) is 2.31. The standard InChI is InChI=1S/C26H32IN/c1-17-22(16-23(27)28-17)24(18-8-12-20(13-9-18)25(2,3)4)19-10-14-21(15-11-19)26(5,6)7/h8-16,23-24,28H,1H2,2-7H3. The summed E-state index contributed by atoms with van der Waals surface area (Å²) in [5.41, 5.74) is 7.99. The molecule has 1 aliphatic heterocycles. The lowest BCUT2D eigenvalue weighted by Gasteiger charge is -2.25. The maximum absolute atomic E-state index is 4.29. The first-order chi connectivity index (χ1) is 13.0. The third kappa shape index (κ3) is 4.53. The van der Waals surface area contributed by atoms with Crippen molar-refractivity contribution in [3.63, 3.8) is 0 Å². The van der Waals surface area contributed by atoms with Crippen LogP contribution in [0.25, 0.3) is 0 Å². The first-order valence-electron chi connectivity index (χ1n) is 9.99. The molecule has 2 aromatic rings. The highest BCUT2D eigenvalue weighted by Crippen LogP contribution is 2.39. The SMILES string of the molecule is C=C1NC(I)C=C1C(c1ccc(C(C)(C)C)cc1)c1ccc(C(C)(C)C)cc1. The van der Waals surface area contributed by atoms with Crippen LogP contribution in [0.1, 0.15) is 69.7 Å². The third-order valence-corrected chi connectivity index (χ3v) is 6.19. The number of alkyl halides is 1. The van der Waals surface area contributed by atoms with Crippen LogP contribution >= 0.6 is 22.6 Å². The van der Waals surface area contributed by atoms with Crippen molar-refractivity contribution in [1.82, 2.24) is 5.32 Å². The zero-order chi connectivity index (χ0) is 20.7. The van der Waals surface area contributed by atoms with E-state index in [9.17, 15) is 0 Å². The zero-order valence-corrected chi connectivity index (χ0v) is 20.1. The van der Waals surface area contributed by atoms with Crippen molar-refractivity contribution in [3.05, 3.63) is 94.7 Å². The van der Waals surface area contributed by atoms with Crippen molar-refractivity contribution in [2.24, 2.45) is 0 Å². The fourth-order valence-corrected chi connectivity index (χ4v) is 4.49. The lowest BCUT2D eigenvalue weighted by atomic mass is 9.80. The molecule has 0 amide bonds. The van der Waals surface area contributed by atoms with Crippen LogP contribution in [0.5, 0.6) is 0 Å². The van der Waals surface area contributed by atoms with Gasteiger partial charge in [-0.3, -0.25) is 0 Å². The Kier molecular flexibility index (Phi) is 5.82. The Bertz CT molecular complexity index is 817. The van der Waals surface area contributed by atoms with Crippen LogP contribution in [0.4, 0.5) is 0 Å². The van der Waals surface area contributed by atoms with Gasteiger partial charge in [-0.1, -0.05) is 119 Å². The number of halogens is 1. The molecule has 2 heteroatoms. The van der Waals surface area contributed by atoms with Gasteiger partial charge in [0.2, 0.25) is 0 Å². The Morgan fingerprint density at radius 3 is 1.46 bits per heavy atom. The smallest absolute Gasteiger partial charge is 0.0973 e. The normalized spacial score (nSPS) is 17.6. The summed E-state index contributed by atoms with van der Waals surface area (Å²) in [5, 5.41) is 3.46. The van der Waals surface area contributed by atoms with Gasteiger partial charge < -0.3 is 5.32 Å². The van der Waals surface area contributed by atoms with E-state index < -0.39 is 0 Å². The monoisotopic (exact) mass is 485 g/mol. The van der Waals surface area contributed by atoms with Gasteiger partial charge in [0.1, 0.15) is 0 Å². The molecular formula is C26H32IN. The van der Waals surface area contributed by atoms with E-state index in [-0.39, 0.29) is 16.7 Å². The summed E-state index contributed by atoms with van der Waals surface area (Å²) in [4.78, 5) is 0. The number of allylic oxidation sites excluding steroid dienone is 1. The van der Waals surface area contributed by atoms with Gasteiger partial charge in [-0.15, -0.1) is 0 Å². The second-order valence-electron chi connectivity index (χ2n) is 9.82. The van der Waals surface area contributed by atoms with Crippen LogP contribution in [-0.2, 0) is 10.8 Å².